The highest BCUT2D eigenvalue weighted by Crippen LogP contribution is 2.28. The summed E-state index contributed by atoms with van der Waals surface area (Å²) in [7, 11) is 1.47. The molecule has 1 amide bonds. The number of rotatable bonds is 7. The molecule has 110 valence electrons. The Hall–Kier alpha value is -2.28. The molecule has 0 heterocycles. The number of nitrogens with two attached hydrogens (primary N) is 1. The second-order valence-electron chi connectivity index (χ2n) is 3.86. The van der Waals surface area contributed by atoms with Crippen LogP contribution in [0, 0.1) is 0 Å². The summed E-state index contributed by atoms with van der Waals surface area (Å²) in [5, 5.41) is 14.4. The highest BCUT2D eigenvalue weighted by Gasteiger charge is 2.15. The lowest BCUT2D eigenvalue weighted by Gasteiger charge is -2.14. The topological polar surface area (TPSA) is 106 Å². The van der Waals surface area contributed by atoms with Crippen LogP contribution >= 0.6 is 0 Å². The van der Waals surface area contributed by atoms with Crippen LogP contribution in [0.3, 0.4) is 0 Å². The molecular formula is C13H19N3O4. The quantitative estimate of drug-likeness (QED) is 0.228. The van der Waals surface area contributed by atoms with Crippen LogP contribution in [0.25, 0.3) is 0 Å². The van der Waals surface area contributed by atoms with Crippen LogP contribution in [0.15, 0.2) is 23.4 Å². The molecule has 0 aliphatic heterocycles. The van der Waals surface area contributed by atoms with Crippen LogP contribution in [0.1, 0.15) is 18.9 Å². The van der Waals surface area contributed by atoms with E-state index in [-0.39, 0.29) is 18.2 Å². The van der Waals surface area contributed by atoms with Gasteiger partial charge in [0.15, 0.2) is 5.84 Å². The molecule has 0 spiro atoms. The number of carbonyl (C=O) groups excluding carboxylic acids is 1. The van der Waals surface area contributed by atoms with Gasteiger partial charge in [-0.3, -0.25) is 4.79 Å². The van der Waals surface area contributed by atoms with Crippen molar-refractivity contribution >= 4 is 17.4 Å². The molecule has 0 unspecified atom stereocenters. The Morgan fingerprint density at radius 1 is 1.50 bits per heavy atom. The van der Waals surface area contributed by atoms with Gasteiger partial charge in [-0.25, -0.2) is 0 Å². The molecule has 7 heteroatoms. The molecule has 0 aliphatic carbocycles. The van der Waals surface area contributed by atoms with Gasteiger partial charge in [0.2, 0.25) is 5.91 Å². The van der Waals surface area contributed by atoms with Crippen LogP contribution in [0.2, 0.25) is 0 Å². The van der Waals surface area contributed by atoms with Gasteiger partial charge in [-0.05, 0) is 19.1 Å². The molecule has 20 heavy (non-hydrogen) atoms. The Bertz CT molecular complexity index is 489. The molecule has 0 aromatic heterocycles. The van der Waals surface area contributed by atoms with E-state index in [1.54, 1.807) is 18.2 Å². The molecule has 7 nitrogen and oxygen atoms in total. The van der Waals surface area contributed by atoms with E-state index in [1.807, 2.05) is 6.92 Å². The fraction of sp³-hybridized carbons (Fsp3) is 0.385. The van der Waals surface area contributed by atoms with Gasteiger partial charge in [0.1, 0.15) is 5.75 Å². The second-order valence-corrected chi connectivity index (χ2v) is 3.86. The van der Waals surface area contributed by atoms with Crippen molar-refractivity contribution in [1.29, 1.82) is 0 Å². The molecule has 0 aliphatic rings. The number of ether oxygens (including phenoxy) is 2. The fourth-order valence-electron chi connectivity index (χ4n) is 1.61. The Labute approximate surface area is 117 Å². The summed E-state index contributed by atoms with van der Waals surface area (Å²) in [5.74, 6) is 0.0813. The Balaban J connectivity index is 2.94. The van der Waals surface area contributed by atoms with E-state index in [0.717, 1.165) is 0 Å². The van der Waals surface area contributed by atoms with E-state index in [0.29, 0.717) is 30.2 Å². The second kappa shape index (κ2) is 8.00. The van der Waals surface area contributed by atoms with Gasteiger partial charge in [0, 0.05) is 12.2 Å². The van der Waals surface area contributed by atoms with Crippen LogP contribution < -0.4 is 15.8 Å². The van der Waals surface area contributed by atoms with Crippen molar-refractivity contribution in [3.63, 3.8) is 0 Å². The third-order valence-electron chi connectivity index (χ3n) is 2.57. The molecule has 0 saturated carbocycles. The van der Waals surface area contributed by atoms with Crippen molar-refractivity contribution in [3.8, 4) is 5.75 Å². The maximum absolute atomic E-state index is 11.8. The van der Waals surface area contributed by atoms with Gasteiger partial charge < -0.3 is 25.7 Å². The smallest absolute Gasteiger partial charge is 0.226 e. The maximum Gasteiger partial charge on any atom is 0.226 e. The van der Waals surface area contributed by atoms with Crippen LogP contribution in [-0.2, 0) is 9.53 Å². The van der Waals surface area contributed by atoms with Crippen molar-refractivity contribution in [1.82, 2.24) is 0 Å². The number of para-hydroxylation sites is 1. The number of nitrogens with one attached hydrogen (secondary N) is 1. The van der Waals surface area contributed by atoms with Crippen molar-refractivity contribution in [2.45, 2.75) is 13.3 Å². The highest BCUT2D eigenvalue weighted by atomic mass is 16.5. The van der Waals surface area contributed by atoms with E-state index in [1.165, 1.54) is 7.11 Å². The minimum absolute atomic E-state index is 0.107. The zero-order valence-electron chi connectivity index (χ0n) is 11.5. The average Bonchev–Trinajstić information content (AvgIpc) is 2.47. The van der Waals surface area contributed by atoms with Crippen molar-refractivity contribution in [2.75, 3.05) is 25.6 Å². The summed E-state index contributed by atoms with van der Waals surface area (Å²) < 4.78 is 10.3. The number of carbonyl (C=O) groups is 1. The zero-order chi connectivity index (χ0) is 15.0. The predicted molar refractivity (Wildman–Crippen MR) is 75.2 cm³/mol. The van der Waals surface area contributed by atoms with Gasteiger partial charge in [-0.1, -0.05) is 11.2 Å². The number of anilines is 1. The summed E-state index contributed by atoms with van der Waals surface area (Å²) in [5.41, 5.74) is 6.34. The van der Waals surface area contributed by atoms with E-state index < -0.39 is 0 Å². The molecule has 0 radical (unpaired) electrons. The minimum Gasteiger partial charge on any atom is -0.495 e. The van der Waals surface area contributed by atoms with Gasteiger partial charge in [-0.2, -0.15) is 0 Å². The van der Waals surface area contributed by atoms with E-state index in [2.05, 4.69) is 10.5 Å². The summed E-state index contributed by atoms with van der Waals surface area (Å²) in [6.45, 7) is 2.74. The SMILES string of the molecule is CCOCCC(=O)Nc1c(OC)cccc1/C(N)=N/O. The van der Waals surface area contributed by atoms with Crippen molar-refractivity contribution in [3.05, 3.63) is 23.8 Å². The standard InChI is InChI=1S/C13H19N3O4/c1-3-20-8-7-11(17)15-12-9(13(14)16-18)5-4-6-10(12)19-2/h4-6,18H,3,7-8H2,1-2H3,(H2,14,16)(H,15,17). The summed E-state index contributed by atoms with van der Waals surface area (Å²) in [4.78, 5) is 11.8. The third-order valence-corrected chi connectivity index (χ3v) is 2.57. The molecule has 1 rings (SSSR count). The summed E-state index contributed by atoms with van der Waals surface area (Å²) in [6.07, 6.45) is 0.210. The Kier molecular flexibility index (Phi) is 6.31. The molecule has 1 aromatic carbocycles. The number of hydrogen-bond acceptors (Lipinski definition) is 5. The molecular weight excluding hydrogens is 262 g/mol. The molecule has 0 bridgehead atoms. The van der Waals surface area contributed by atoms with Crippen molar-refractivity contribution < 1.29 is 19.5 Å². The lowest BCUT2D eigenvalue weighted by atomic mass is 10.1. The number of benzene rings is 1. The molecule has 4 N–H and O–H groups in total. The summed E-state index contributed by atoms with van der Waals surface area (Å²) in [6, 6.07) is 4.98. The number of hydrogen-bond donors (Lipinski definition) is 3. The first kappa shape index (κ1) is 15.8. The number of oxime groups is 1. The van der Waals surface area contributed by atoms with E-state index >= 15 is 0 Å². The average molecular weight is 281 g/mol. The third kappa shape index (κ3) is 4.13. The summed E-state index contributed by atoms with van der Waals surface area (Å²) >= 11 is 0. The first-order valence-electron chi connectivity index (χ1n) is 6.16. The highest BCUT2D eigenvalue weighted by molar-refractivity contribution is 6.06. The van der Waals surface area contributed by atoms with Crippen LogP contribution in [-0.4, -0.2) is 37.3 Å². The Morgan fingerprint density at radius 2 is 2.25 bits per heavy atom. The van der Waals surface area contributed by atoms with Gasteiger partial charge in [0.25, 0.3) is 0 Å². The fourth-order valence-corrected chi connectivity index (χ4v) is 1.61. The van der Waals surface area contributed by atoms with Gasteiger partial charge >= 0.3 is 0 Å². The number of amides is 1. The molecule has 0 fully saturated rings. The lowest BCUT2D eigenvalue weighted by molar-refractivity contribution is -0.117. The largest absolute Gasteiger partial charge is 0.495 e. The molecule has 1 aromatic rings. The number of methoxy groups -OCH3 is 1. The van der Waals surface area contributed by atoms with Gasteiger partial charge in [-0.15, -0.1) is 0 Å². The minimum atomic E-state index is -0.241. The predicted octanol–water partition coefficient (Wildman–Crippen LogP) is 1.15. The first-order valence-corrected chi connectivity index (χ1v) is 6.16. The lowest BCUT2D eigenvalue weighted by Crippen LogP contribution is -2.20. The molecule has 0 saturated heterocycles. The van der Waals surface area contributed by atoms with Crippen molar-refractivity contribution in [2.24, 2.45) is 10.9 Å². The van der Waals surface area contributed by atoms with E-state index in [4.69, 9.17) is 20.4 Å². The maximum atomic E-state index is 11.8. The van der Waals surface area contributed by atoms with E-state index in [9.17, 15) is 4.79 Å². The first-order chi connectivity index (χ1) is 9.63. The Morgan fingerprint density at radius 3 is 2.85 bits per heavy atom. The number of nitrogens with zero attached hydrogens (tertiary/aromatic N) is 1. The zero-order valence-corrected chi connectivity index (χ0v) is 11.5. The van der Waals surface area contributed by atoms with Gasteiger partial charge in [0.05, 0.1) is 25.8 Å². The number of amidine groups is 1. The monoisotopic (exact) mass is 281 g/mol. The normalized spacial score (nSPS) is 11.2. The molecule has 0 atom stereocenters. The van der Waals surface area contributed by atoms with Crippen LogP contribution in [0.4, 0.5) is 5.69 Å². The van der Waals surface area contributed by atoms with Crippen LogP contribution in [0.5, 0.6) is 5.75 Å².